The third-order valence-corrected chi connectivity index (χ3v) is 11.4. The molecule has 0 saturated heterocycles. The lowest BCUT2D eigenvalue weighted by Crippen LogP contribution is -2.59. The highest BCUT2D eigenvalue weighted by Crippen LogP contribution is 2.66. The van der Waals surface area contributed by atoms with Crippen LogP contribution >= 0.6 is 0 Å². The number of nitrogens with zero attached hydrogens (tertiary/aromatic N) is 2. The van der Waals surface area contributed by atoms with Crippen molar-refractivity contribution in [1.29, 1.82) is 0 Å². The maximum Gasteiger partial charge on any atom is 0.175 e. The summed E-state index contributed by atoms with van der Waals surface area (Å²) in [6, 6.07) is 1.38. The number of hydrogen-bond acceptors (Lipinski definition) is 3. The van der Waals surface area contributed by atoms with Crippen molar-refractivity contribution >= 4 is 5.78 Å². The smallest absolute Gasteiger partial charge is 0.175 e. The molecule has 0 spiro atoms. The number of ketones is 1. The Balaban J connectivity index is 0.000000345. The molecule has 4 aliphatic carbocycles. The van der Waals surface area contributed by atoms with Crippen LogP contribution in [0.4, 0.5) is 0 Å². The molecule has 0 N–H and O–H groups in total. The van der Waals surface area contributed by atoms with E-state index in [9.17, 15) is 4.79 Å². The van der Waals surface area contributed by atoms with Crippen molar-refractivity contribution in [2.45, 2.75) is 144 Å². The van der Waals surface area contributed by atoms with E-state index in [0.29, 0.717) is 23.3 Å². The zero-order valence-corrected chi connectivity index (χ0v) is 25.8. The molecule has 4 rings (SSSR count). The molecule has 3 fully saturated rings. The van der Waals surface area contributed by atoms with Crippen LogP contribution in [0.2, 0.25) is 0 Å². The van der Waals surface area contributed by atoms with Crippen LogP contribution < -0.4 is 0 Å². The minimum atomic E-state index is -0.314. The van der Waals surface area contributed by atoms with Gasteiger partial charge in [0.2, 0.25) is 0 Å². The Morgan fingerprint density at radius 3 is 2.19 bits per heavy atom. The highest BCUT2D eigenvalue weighted by Gasteiger charge is 2.59. The van der Waals surface area contributed by atoms with Gasteiger partial charge in [-0.2, -0.15) is 0 Å². The molecule has 6 atom stereocenters. The van der Waals surface area contributed by atoms with Gasteiger partial charge in [-0.1, -0.05) is 46.1 Å². The minimum absolute atomic E-state index is 0.232. The molecular weight excluding hydrogens is 440 g/mol. The van der Waals surface area contributed by atoms with Crippen LogP contribution in [-0.4, -0.2) is 53.3 Å². The Hall–Kier alpha value is -0.670. The van der Waals surface area contributed by atoms with Gasteiger partial charge in [0.15, 0.2) is 5.78 Å². The molecule has 0 aromatic carbocycles. The zero-order valence-electron chi connectivity index (χ0n) is 25.8. The molecule has 0 aliphatic heterocycles. The van der Waals surface area contributed by atoms with Crippen molar-refractivity contribution < 1.29 is 4.79 Å². The van der Waals surface area contributed by atoms with Crippen LogP contribution in [-0.2, 0) is 4.79 Å². The molecule has 0 aromatic heterocycles. The number of fused-ring (bicyclic) bond motifs is 5. The van der Waals surface area contributed by atoms with Gasteiger partial charge in [0.1, 0.15) is 0 Å². The van der Waals surface area contributed by atoms with Crippen LogP contribution in [0.15, 0.2) is 11.6 Å². The minimum Gasteiger partial charge on any atom is -0.299 e. The zero-order chi connectivity index (χ0) is 26.9. The second-order valence-corrected chi connectivity index (χ2v) is 14.2. The third kappa shape index (κ3) is 5.54. The highest BCUT2D eigenvalue weighted by molar-refractivity contribution is 5.99. The number of carbonyl (C=O) groups excluding carboxylic acids is 1. The van der Waals surface area contributed by atoms with E-state index < -0.39 is 0 Å². The molecule has 3 saturated carbocycles. The summed E-state index contributed by atoms with van der Waals surface area (Å²) in [6.07, 6.45) is 15.2. The number of allylic oxidation sites excluding steroid dienone is 1. The predicted molar refractivity (Wildman–Crippen MR) is 155 cm³/mol. The Kier molecular flexibility index (Phi) is 9.63. The maximum atomic E-state index is 13.2. The molecule has 36 heavy (non-hydrogen) atoms. The van der Waals surface area contributed by atoms with Crippen LogP contribution in [0.3, 0.4) is 0 Å². The van der Waals surface area contributed by atoms with Crippen molar-refractivity contribution in [2.75, 3.05) is 20.1 Å². The largest absolute Gasteiger partial charge is 0.299 e. The number of hydrogen-bond donors (Lipinski definition) is 0. The predicted octanol–water partition coefficient (Wildman–Crippen LogP) is 8.13. The normalized spacial score (nSPS) is 38.0. The van der Waals surface area contributed by atoms with Gasteiger partial charge in [-0.3, -0.25) is 14.6 Å². The summed E-state index contributed by atoms with van der Waals surface area (Å²) >= 11 is 0. The fraction of sp³-hybridized carbons (Fsp3) is 0.909. The van der Waals surface area contributed by atoms with E-state index in [4.69, 9.17) is 0 Å². The first-order chi connectivity index (χ1) is 16.8. The van der Waals surface area contributed by atoms with Crippen molar-refractivity contribution in [3.63, 3.8) is 0 Å². The Morgan fingerprint density at radius 2 is 1.64 bits per heavy atom. The molecule has 0 radical (unpaired) electrons. The Morgan fingerprint density at radius 1 is 0.972 bits per heavy atom. The van der Waals surface area contributed by atoms with E-state index in [0.717, 1.165) is 37.3 Å². The molecule has 0 heterocycles. The van der Waals surface area contributed by atoms with Gasteiger partial charge >= 0.3 is 0 Å². The molecular formula is C33H60N2O. The summed E-state index contributed by atoms with van der Waals surface area (Å²) in [5, 5.41) is 0. The van der Waals surface area contributed by atoms with Gasteiger partial charge in [0.25, 0.3) is 0 Å². The summed E-state index contributed by atoms with van der Waals surface area (Å²) in [4.78, 5) is 18.0. The fourth-order valence-electron chi connectivity index (χ4n) is 9.21. The molecule has 3 heteroatoms. The molecule has 4 aliphatic rings. The SMILES string of the molecule is CCCCN(C)C1(C)C[C@@]2(C)C(=CC1=O)CC[C@H]1[C@@H]3CCC[C@@]3(C)CC[C@@H]12.CCN(C(C)C)C(C)C. The lowest BCUT2D eigenvalue weighted by molar-refractivity contribution is -0.131. The van der Waals surface area contributed by atoms with Crippen LogP contribution in [0.5, 0.6) is 0 Å². The van der Waals surface area contributed by atoms with Gasteiger partial charge in [0, 0.05) is 12.1 Å². The molecule has 0 aromatic rings. The first kappa shape index (κ1) is 29.9. The van der Waals surface area contributed by atoms with Gasteiger partial charge in [-0.05, 0) is 141 Å². The van der Waals surface area contributed by atoms with Gasteiger partial charge in [-0.25, -0.2) is 0 Å². The first-order valence-electron chi connectivity index (χ1n) is 15.6. The van der Waals surface area contributed by atoms with Crippen molar-refractivity contribution in [2.24, 2.45) is 28.6 Å². The van der Waals surface area contributed by atoms with Gasteiger partial charge in [0.05, 0.1) is 5.54 Å². The molecule has 0 amide bonds. The van der Waals surface area contributed by atoms with E-state index in [1.165, 1.54) is 63.4 Å². The average molecular weight is 501 g/mol. The second kappa shape index (κ2) is 11.6. The lowest BCUT2D eigenvalue weighted by Gasteiger charge is -2.60. The van der Waals surface area contributed by atoms with Gasteiger partial charge in [-0.15, -0.1) is 0 Å². The number of carbonyl (C=O) groups is 1. The monoisotopic (exact) mass is 500 g/mol. The van der Waals surface area contributed by atoms with Crippen LogP contribution in [0.1, 0.15) is 127 Å². The average Bonchev–Trinajstić information content (AvgIpc) is 3.20. The number of unbranched alkanes of at least 4 members (excludes halogenated alkanes) is 1. The fourth-order valence-corrected chi connectivity index (χ4v) is 9.21. The van der Waals surface area contributed by atoms with Crippen LogP contribution in [0, 0.1) is 28.6 Å². The third-order valence-electron chi connectivity index (χ3n) is 11.4. The van der Waals surface area contributed by atoms with Gasteiger partial charge < -0.3 is 0 Å². The molecule has 3 nitrogen and oxygen atoms in total. The first-order valence-corrected chi connectivity index (χ1v) is 15.6. The summed E-state index contributed by atoms with van der Waals surface area (Å²) in [7, 11) is 2.19. The Labute approximate surface area is 224 Å². The maximum absolute atomic E-state index is 13.2. The summed E-state index contributed by atoms with van der Waals surface area (Å²) in [5.74, 6) is 3.00. The molecule has 0 bridgehead atoms. The second-order valence-electron chi connectivity index (χ2n) is 14.2. The highest BCUT2D eigenvalue weighted by atomic mass is 16.1. The molecule has 1 unspecified atom stereocenters. The lowest BCUT2D eigenvalue weighted by atomic mass is 9.46. The van der Waals surface area contributed by atoms with Crippen molar-refractivity contribution in [3.05, 3.63) is 11.6 Å². The van der Waals surface area contributed by atoms with Crippen LogP contribution in [0.25, 0.3) is 0 Å². The van der Waals surface area contributed by atoms with E-state index in [1.54, 1.807) is 0 Å². The standard InChI is InChI=1S/C25H41NO.C8H19N/c1-6-7-15-26(5)25(4)17-24(3)18(16-22(25)27)10-11-19-20-9-8-13-23(20,2)14-12-21(19)24;1-6-9(7(2)3)8(4)5/h16,19-21H,6-15,17H2,1-5H3;7-8H,6H2,1-5H3/t19-,20-,21-,23-,24-,25?;/m0./s1. The van der Waals surface area contributed by atoms with E-state index in [-0.39, 0.29) is 11.0 Å². The van der Waals surface area contributed by atoms with Crippen molar-refractivity contribution in [1.82, 2.24) is 9.80 Å². The molecule has 208 valence electrons. The summed E-state index contributed by atoms with van der Waals surface area (Å²) < 4.78 is 0. The number of rotatable bonds is 7. The topological polar surface area (TPSA) is 23.6 Å². The quantitative estimate of drug-likeness (QED) is 0.352. The van der Waals surface area contributed by atoms with E-state index in [2.05, 4.69) is 85.2 Å². The Bertz CT molecular complexity index is 779. The summed E-state index contributed by atoms with van der Waals surface area (Å²) in [5.41, 5.74) is 2.03. The van der Waals surface area contributed by atoms with E-state index in [1.807, 2.05) is 0 Å². The number of likely N-dealkylation sites (N-methyl/N-ethyl adjacent to an activating group) is 1. The summed E-state index contributed by atoms with van der Waals surface area (Å²) in [6.45, 7) is 23.0. The van der Waals surface area contributed by atoms with E-state index >= 15 is 0 Å². The van der Waals surface area contributed by atoms with Crippen molar-refractivity contribution in [3.8, 4) is 0 Å².